The van der Waals surface area contributed by atoms with Crippen molar-refractivity contribution in [3.05, 3.63) is 82.9 Å². The molecule has 2 aliphatic rings. The number of piperidine rings is 1. The second-order valence-electron chi connectivity index (χ2n) is 11.2. The number of halogens is 1. The molecule has 10 heteroatoms. The minimum atomic E-state index is -0.468. The predicted octanol–water partition coefficient (Wildman–Crippen LogP) is 5.62. The molecule has 1 unspecified atom stereocenters. The number of methoxy groups -OCH3 is 1. The normalized spacial score (nSPS) is 17.7. The molecule has 0 amide bonds. The lowest BCUT2D eigenvalue weighted by Crippen LogP contribution is -2.36. The number of ether oxygens (including phenoxy) is 3. The Balaban J connectivity index is 1.13. The van der Waals surface area contributed by atoms with Gasteiger partial charge in [0.15, 0.2) is 0 Å². The van der Waals surface area contributed by atoms with E-state index in [-0.39, 0.29) is 30.2 Å². The van der Waals surface area contributed by atoms with Gasteiger partial charge in [-0.2, -0.15) is 10.2 Å². The van der Waals surface area contributed by atoms with Crippen LogP contribution in [0.3, 0.4) is 0 Å². The van der Waals surface area contributed by atoms with E-state index in [1.807, 2.05) is 30.3 Å². The van der Waals surface area contributed by atoms with Crippen LogP contribution in [0.5, 0.6) is 5.88 Å². The van der Waals surface area contributed by atoms with Gasteiger partial charge in [-0.05, 0) is 61.6 Å². The highest BCUT2D eigenvalue weighted by Crippen LogP contribution is 2.36. The van der Waals surface area contributed by atoms with E-state index in [1.54, 1.807) is 24.3 Å². The number of nitrogens with zero attached hydrogens (tertiary/aromatic N) is 5. The molecule has 222 valence electrons. The molecule has 4 aromatic rings. The Morgan fingerprint density at radius 1 is 1.14 bits per heavy atom. The van der Waals surface area contributed by atoms with Crippen LogP contribution in [-0.2, 0) is 22.6 Å². The zero-order valence-corrected chi connectivity index (χ0v) is 24.3. The van der Waals surface area contributed by atoms with Crippen LogP contribution in [-0.4, -0.2) is 53.4 Å². The van der Waals surface area contributed by atoms with Gasteiger partial charge in [0.2, 0.25) is 5.88 Å². The number of imidazole rings is 1. The number of rotatable bonds is 9. The Bertz CT molecular complexity index is 1670. The van der Waals surface area contributed by atoms with Crippen LogP contribution < -0.4 is 9.64 Å². The maximum absolute atomic E-state index is 14.3. The van der Waals surface area contributed by atoms with E-state index in [2.05, 4.69) is 21.4 Å². The predicted molar refractivity (Wildman–Crippen MR) is 158 cm³/mol. The highest BCUT2D eigenvalue weighted by Gasteiger charge is 2.31. The van der Waals surface area contributed by atoms with Crippen molar-refractivity contribution in [1.29, 1.82) is 5.26 Å². The van der Waals surface area contributed by atoms with E-state index >= 15 is 0 Å². The van der Waals surface area contributed by atoms with Gasteiger partial charge in [0, 0.05) is 37.2 Å². The summed E-state index contributed by atoms with van der Waals surface area (Å²) in [6, 6.07) is 17.5. The molecule has 9 nitrogen and oxygen atoms in total. The third-order valence-electron chi connectivity index (χ3n) is 8.62. The minimum absolute atomic E-state index is 0.0294. The van der Waals surface area contributed by atoms with Crippen molar-refractivity contribution in [3.63, 3.8) is 0 Å². The molecule has 2 fully saturated rings. The zero-order chi connectivity index (χ0) is 29.9. The largest absolute Gasteiger partial charge is 0.473 e. The first kappa shape index (κ1) is 28.6. The number of benzene rings is 2. The lowest BCUT2D eigenvalue weighted by molar-refractivity contribution is -0.0592. The van der Waals surface area contributed by atoms with Crippen LogP contribution in [0.15, 0.2) is 54.6 Å². The summed E-state index contributed by atoms with van der Waals surface area (Å²) in [5, 5.41) is 8.95. The first-order valence-corrected chi connectivity index (χ1v) is 14.7. The Morgan fingerprint density at radius 3 is 2.65 bits per heavy atom. The SMILES string of the molecule is COC(=O)c1ccc2nc(C(C)C3CCN(c4cccc(OCc5ccc(C#N)cc5F)n4)CC3)n(C[C@@H]3CCO3)c2c1. The van der Waals surface area contributed by atoms with E-state index in [0.717, 1.165) is 61.6 Å². The maximum Gasteiger partial charge on any atom is 0.337 e. The third kappa shape index (κ3) is 6.04. The van der Waals surface area contributed by atoms with E-state index in [0.29, 0.717) is 29.5 Å². The Hall–Kier alpha value is -4.49. The van der Waals surface area contributed by atoms with E-state index in [4.69, 9.17) is 24.5 Å². The molecule has 2 aromatic heterocycles. The molecular weight excluding hydrogens is 549 g/mol. The van der Waals surface area contributed by atoms with Gasteiger partial charge in [-0.1, -0.05) is 19.1 Å². The molecule has 4 heterocycles. The van der Waals surface area contributed by atoms with Gasteiger partial charge in [0.1, 0.15) is 24.1 Å². The number of aromatic nitrogens is 3. The van der Waals surface area contributed by atoms with E-state index in [9.17, 15) is 9.18 Å². The number of carbonyl (C=O) groups is 1. The summed E-state index contributed by atoms with van der Waals surface area (Å²) in [6.07, 6.45) is 3.11. The zero-order valence-electron chi connectivity index (χ0n) is 24.3. The fraction of sp³-hybridized carbons (Fsp3) is 0.394. The molecule has 0 bridgehead atoms. The van der Waals surface area contributed by atoms with Gasteiger partial charge in [-0.3, -0.25) is 0 Å². The van der Waals surface area contributed by atoms with E-state index < -0.39 is 5.82 Å². The number of hydrogen-bond acceptors (Lipinski definition) is 8. The summed E-state index contributed by atoms with van der Waals surface area (Å²) < 4.78 is 33.0. The van der Waals surface area contributed by atoms with Crippen LogP contribution in [0.25, 0.3) is 11.0 Å². The molecule has 2 aliphatic heterocycles. The Labute approximate surface area is 249 Å². The molecular formula is C33H34FN5O4. The first-order chi connectivity index (χ1) is 20.9. The fourth-order valence-corrected chi connectivity index (χ4v) is 5.94. The molecule has 0 aliphatic carbocycles. The van der Waals surface area contributed by atoms with Crippen molar-refractivity contribution in [2.45, 2.75) is 51.4 Å². The molecule has 2 saturated heterocycles. The fourth-order valence-electron chi connectivity index (χ4n) is 5.94. The van der Waals surface area contributed by atoms with Crippen molar-refractivity contribution in [3.8, 4) is 11.9 Å². The second kappa shape index (κ2) is 12.4. The van der Waals surface area contributed by atoms with Crippen molar-refractivity contribution < 1.29 is 23.4 Å². The summed E-state index contributed by atoms with van der Waals surface area (Å²) in [4.78, 5) is 24.2. The molecule has 43 heavy (non-hydrogen) atoms. The smallest absolute Gasteiger partial charge is 0.337 e. The number of carbonyl (C=O) groups excluding carboxylic acids is 1. The lowest BCUT2D eigenvalue weighted by Gasteiger charge is -2.36. The summed E-state index contributed by atoms with van der Waals surface area (Å²) in [5.41, 5.74) is 2.96. The standard InChI is InChI=1S/C33H34FN5O4/c1-21(32-36-28-9-8-24(33(40)41-2)17-29(28)39(32)19-26-12-15-42-26)23-10-13-38(14-11-23)30-4-3-5-31(37-30)43-20-25-7-6-22(18-35)16-27(25)34/h3-9,16-17,21,23,26H,10-15,19-20H2,1-2H3/t21?,26-/m0/s1. The molecule has 0 radical (unpaired) electrons. The highest BCUT2D eigenvalue weighted by atomic mass is 19.1. The average Bonchev–Trinajstić information content (AvgIpc) is 3.39. The molecule has 0 saturated carbocycles. The minimum Gasteiger partial charge on any atom is -0.473 e. The quantitative estimate of drug-likeness (QED) is 0.234. The first-order valence-electron chi connectivity index (χ1n) is 14.7. The monoisotopic (exact) mass is 583 g/mol. The number of anilines is 1. The van der Waals surface area contributed by atoms with Gasteiger partial charge in [0.25, 0.3) is 0 Å². The molecule has 2 atom stereocenters. The molecule has 0 spiro atoms. The van der Waals surface area contributed by atoms with Gasteiger partial charge in [-0.15, -0.1) is 0 Å². The molecule has 2 aromatic carbocycles. The van der Waals surface area contributed by atoms with Gasteiger partial charge in [-0.25, -0.2) is 14.2 Å². The van der Waals surface area contributed by atoms with Crippen LogP contribution in [0.1, 0.15) is 59.4 Å². The van der Waals surface area contributed by atoms with Crippen LogP contribution >= 0.6 is 0 Å². The van der Waals surface area contributed by atoms with Gasteiger partial charge < -0.3 is 23.7 Å². The van der Waals surface area contributed by atoms with Crippen molar-refractivity contribution in [1.82, 2.24) is 14.5 Å². The number of pyridine rings is 1. The van der Waals surface area contributed by atoms with Crippen LogP contribution in [0, 0.1) is 23.1 Å². The third-order valence-corrected chi connectivity index (χ3v) is 8.62. The highest BCUT2D eigenvalue weighted by molar-refractivity contribution is 5.93. The van der Waals surface area contributed by atoms with Crippen LogP contribution in [0.4, 0.5) is 10.2 Å². The topological polar surface area (TPSA) is 102 Å². The number of hydrogen-bond donors (Lipinski definition) is 0. The van der Waals surface area contributed by atoms with Gasteiger partial charge in [0.05, 0.1) is 48.0 Å². The lowest BCUT2D eigenvalue weighted by atomic mass is 9.84. The van der Waals surface area contributed by atoms with Crippen molar-refractivity contribution in [2.24, 2.45) is 5.92 Å². The molecule has 0 N–H and O–H groups in total. The number of esters is 1. The van der Waals surface area contributed by atoms with Gasteiger partial charge >= 0.3 is 5.97 Å². The number of fused-ring (bicyclic) bond motifs is 1. The summed E-state index contributed by atoms with van der Waals surface area (Å²) in [7, 11) is 1.39. The number of nitriles is 1. The average molecular weight is 584 g/mol. The summed E-state index contributed by atoms with van der Waals surface area (Å²) in [6.45, 7) is 5.45. The Morgan fingerprint density at radius 2 is 1.95 bits per heavy atom. The second-order valence-corrected chi connectivity index (χ2v) is 11.2. The van der Waals surface area contributed by atoms with E-state index in [1.165, 1.54) is 13.2 Å². The summed E-state index contributed by atoms with van der Waals surface area (Å²) >= 11 is 0. The van der Waals surface area contributed by atoms with Crippen LogP contribution in [0.2, 0.25) is 0 Å². The van der Waals surface area contributed by atoms with Crippen molar-refractivity contribution >= 4 is 22.8 Å². The molecule has 6 rings (SSSR count). The Kier molecular flexibility index (Phi) is 8.25. The maximum atomic E-state index is 14.3. The van der Waals surface area contributed by atoms with Crippen molar-refractivity contribution in [2.75, 3.05) is 31.7 Å². The summed E-state index contributed by atoms with van der Waals surface area (Å²) in [5.74, 6) is 2.08.